The minimum Gasteiger partial charge on any atom is -0.465 e. The van der Waals surface area contributed by atoms with Crippen molar-refractivity contribution < 1.29 is 14.3 Å². The highest BCUT2D eigenvalue weighted by Crippen LogP contribution is 2.41. The Morgan fingerprint density at radius 2 is 2.05 bits per heavy atom. The molecule has 1 aliphatic heterocycles. The molecule has 0 aromatic heterocycles. The van der Waals surface area contributed by atoms with Gasteiger partial charge in [0, 0.05) is 5.92 Å². The fourth-order valence-electron chi connectivity index (χ4n) is 2.84. The lowest BCUT2D eigenvalue weighted by Gasteiger charge is -2.28. The van der Waals surface area contributed by atoms with E-state index in [4.69, 9.17) is 9.47 Å². The van der Waals surface area contributed by atoms with Gasteiger partial charge in [-0.3, -0.25) is 4.79 Å². The highest BCUT2D eigenvalue weighted by Gasteiger charge is 2.40. The standard InChI is InChI=1S/C18H26O3/c1-5-18(16-8-6-14(4)7-9-16)10-15(12-21-18)11-20-17(19)13(2)3/h6-9,13,15H,5,10-12H2,1-4H3/t15-,18?/m1/s1. The van der Waals surface area contributed by atoms with Crippen molar-refractivity contribution in [1.29, 1.82) is 0 Å². The summed E-state index contributed by atoms with van der Waals surface area (Å²) in [5.41, 5.74) is 2.27. The molecule has 0 aliphatic carbocycles. The zero-order valence-electron chi connectivity index (χ0n) is 13.5. The van der Waals surface area contributed by atoms with Crippen LogP contribution in [0.1, 0.15) is 44.7 Å². The predicted octanol–water partition coefficient (Wildman–Crippen LogP) is 3.84. The third-order valence-corrected chi connectivity index (χ3v) is 4.30. The zero-order chi connectivity index (χ0) is 15.5. The van der Waals surface area contributed by atoms with Crippen LogP contribution in [0.5, 0.6) is 0 Å². The summed E-state index contributed by atoms with van der Waals surface area (Å²) in [6, 6.07) is 8.56. The first-order chi connectivity index (χ1) is 9.97. The van der Waals surface area contributed by atoms with E-state index in [-0.39, 0.29) is 23.4 Å². The highest BCUT2D eigenvalue weighted by atomic mass is 16.5. The van der Waals surface area contributed by atoms with Gasteiger partial charge in [-0.2, -0.15) is 0 Å². The molecule has 2 atom stereocenters. The van der Waals surface area contributed by atoms with Crippen molar-refractivity contribution in [2.45, 2.75) is 46.1 Å². The summed E-state index contributed by atoms with van der Waals surface area (Å²) < 4.78 is 11.5. The minimum atomic E-state index is -0.220. The maximum Gasteiger partial charge on any atom is 0.308 e. The minimum absolute atomic E-state index is 0.0691. The first-order valence-electron chi connectivity index (χ1n) is 7.84. The van der Waals surface area contributed by atoms with Crippen LogP contribution in [0.25, 0.3) is 0 Å². The number of esters is 1. The second-order valence-corrected chi connectivity index (χ2v) is 6.38. The third-order valence-electron chi connectivity index (χ3n) is 4.30. The molecule has 1 aliphatic rings. The van der Waals surface area contributed by atoms with E-state index >= 15 is 0 Å². The maximum absolute atomic E-state index is 11.6. The molecular formula is C18H26O3. The molecule has 0 radical (unpaired) electrons. The van der Waals surface area contributed by atoms with Gasteiger partial charge in [0.1, 0.15) is 0 Å². The van der Waals surface area contributed by atoms with Gasteiger partial charge >= 0.3 is 5.97 Å². The lowest BCUT2D eigenvalue weighted by molar-refractivity contribution is -0.148. The van der Waals surface area contributed by atoms with Crippen molar-refractivity contribution in [2.24, 2.45) is 11.8 Å². The first-order valence-corrected chi connectivity index (χ1v) is 7.84. The molecule has 3 heteroatoms. The largest absolute Gasteiger partial charge is 0.465 e. The van der Waals surface area contributed by atoms with Crippen LogP contribution in [0.3, 0.4) is 0 Å². The summed E-state index contributed by atoms with van der Waals surface area (Å²) in [5, 5.41) is 0. The smallest absolute Gasteiger partial charge is 0.308 e. The number of aryl methyl sites for hydroxylation is 1. The van der Waals surface area contributed by atoms with Crippen molar-refractivity contribution in [2.75, 3.05) is 13.2 Å². The first kappa shape index (κ1) is 16.0. The summed E-state index contributed by atoms with van der Waals surface area (Å²) in [4.78, 5) is 11.6. The zero-order valence-corrected chi connectivity index (χ0v) is 13.5. The molecule has 0 saturated carbocycles. The number of rotatable bonds is 5. The second-order valence-electron chi connectivity index (χ2n) is 6.38. The fraction of sp³-hybridized carbons (Fsp3) is 0.611. The lowest BCUT2D eigenvalue weighted by atomic mass is 9.85. The van der Waals surface area contributed by atoms with E-state index in [0.717, 1.165) is 12.8 Å². The Labute approximate surface area is 127 Å². The van der Waals surface area contributed by atoms with Gasteiger partial charge < -0.3 is 9.47 Å². The third kappa shape index (κ3) is 3.65. The molecular weight excluding hydrogens is 264 g/mol. The molecule has 1 aromatic rings. The van der Waals surface area contributed by atoms with E-state index in [1.54, 1.807) is 0 Å². The summed E-state index contributed by atoms with van der Waals surface area (Å²) in [7, 11) is 0. The summed E-state index contributed by atoms with van der Waals surface area (Å²) in [6.07, 6.45) is 1.85. The Kier molecular flexibility index (Phi) is 5.04. The van der Waals surface area contributed by atoms with Gasteiger partial charge in [-0.25, -0.2) is 0 Å². The van der Waals surface area contributed by atoms with Crippen molar-refractivity contribution in [1.82, 2.24) is 0 Å². The van der Waals surface area contributed by atoms with Gasteiger partial charge in [0.2, 0.25) is 0 Å². The van der Waals surface area contributed by atoms with Crippen molar-refractivity contribution in [3.05, 3.63) is 35.4 Å². The Morgan fingerprint density at radius 3 is 2.62 bits per heavy atom. The predicted molar refractivity (Wildman–Crippen MR) is 83.0 cm³/mol. The van der Waals surface area contributed by atoms with Crippen LogP contribution in [0.15, 0.2) is 24.3 Å². The Bertz CT molecular complexity index is 478. The van der Waals surface area contributed by atoms with Crippen LogP contribution in [0.4, 0.5) is 0 Å². The number of hydrogen-bond acceptors (Lipinski definition) is 3. The van der Waals surface area contributed by atoms with Crippen LogP contribution >= 0.6 is 0 Å². The molecule has 116 valence electrons. The molecule has 1 heterocycles. The second kappa shape index (κ2) is 6.61. The Hall–Kier alpha value is -1.35. The van der Waals surface area contributed by atoms with E-state index in [0.29, 0.717) is 13.2 Å². The molecule has 3 nitrogen and oxygen atoms in total. The average Bonchev–Trinajstić information content (AvgIpc) is 2.90. The summed E-state index contributed by atoms with van der Waals surface area (Å²) >= 11 is 0. The van der Waals surface area contributed by atoms with Gasteiger partial charge in [0.05, 0.1) is 24.7 Å². The van der Waals surface area contributed by atoms with Gasteiger partial charge in [-0.05, 0) is 25.3 Å². The van der Waals surface area contributed by atoms with E-state index in [2.05, 4.69) is 38.1 Å². The Balaban J connectivity index is 2.00. The molecule has 0 N–H and O–H groups in total. The number of benzene rings is 1. The van der Waals surface area contributed by atoms with Crippen LogP contribution < -0.4 is 0 Å². The van der Waals surface area contributed by atoms with E-state index in [1.807, 2.05) is 13.8 Å². The van der Waals surface area contributed by atoms with Crippen molar-refractivity contribution in [3.63, 3.8) is 0 Å². The fourth-order valence-corrected chi connectivity index (χ4v) is 2.84. The number of carbonyl (C=O) groups excluding carboxylic acids is 1. The molecule has 0 amide bonds. The molecule has 1 aromatic carbocycles. The number of carbonyl (C=O) groups is 1. The normalized spacial score (nSPS) is 25.3. The number of ether oxygens (including phenoxy) is 2. The van der Waals surface area contributed by atoms with Gasteiger partial charge in [0.15, 0.2) is 0 Å². The lowest BCUT2D eigenvalue weighted by Crippen LogP contribution is -2.24. The van der Waals surface area contributed by atoms with Crippen LogP contribution in [0.2, 0.25) is 0 Å². The summed E-state index contributed by atoms with van der Waals surface area (Å²) in [5.74, 6) is 0.0913. The van der Waals surface area contributed by atoms with E-state index < -0.39 is 0 Å². The molecule has 0 bridgehead atoms. The average molecular weight is 290 g/mol. The van der Waals surface area contributed by atoms with Gasteiger partial charge in [0.25, 0.3) is 0 Å². The monoisotopic (exact) mass is 290 g/mol. The van der Waals surface area contributed by atoms with E-state index in [9.17, 15) is 4.79 Å². The van der Waals surface area contributed by atoms with Crippen LogP contribution in [-0.4, -0.2) is 19.2 Å². The molecule has 0 spiro atoms. The van der Waals surface area contributed by atoms with Gasteiger partial charge in [-0.15, -0.1) is 0 Å². The molecule has 21 heavy (non-hydrogen) atoms. The van der Waals surface area contributed by atoms with Crippen molar-refractivity contribution in [3.8, 4) is 0 Å². The molecule has 1 fully saturated rings. The number of hydrogen-bond donors (Lipinski definition) is 0. The SMILES string of the molecule is CCC1(c2ccc(C)cc2)C[C@H](COC(=O)C(C)C)CO1. The van der Waals surface area contributed by atoms with E-state index in [1.165, 1.54) is 11.1 Å². The van der Waals surface area contributed by atoms with Crippen LogP contribution in [-0.2, 0) is 19.9 Å². The molecule has 1 saturated heterocycles. The van der Waals surface area contributed by atoms with Gasteiger partial charge in [-0.1, -0.05) is 50.6 Å². The van der Waals surface area contributed by atoms with Crippen molar-refractivity contribution >= 4 is 5.97 Å². The summed E-state index contributed by atoms with van der Waals surface area (Å²) in [6.45, 7) is 9.08. The Morgan fingerprint density at radius 1 is 1.38 bits per heavy atom. The maximum atomic E-state index is 11.6. The highest BCUT2D eigenvalue weighted by molar-refractivity contribution is 5.71. The molecule has 1 unspecified atom stereocenters. The quantitative estimate of drug-likeness (QED) is 0.773. The van der Waals surface area contributed by atoms with Crippen LogP contribution in [0, 0.1) is 18.8 Å². The topological polar surface area (TPSA) is 35.5 Å². The molecule has 2 rings (SSSR count).